The maximum absolute atomic E-state index is 9.00. The van der Waals surface area contributed by atoms with Crippen LogP contribution < -0.4 is 10.6 Å². The van der Waals surface area contributed by atoms with E-state index in [1.807, 2.05) is 17.9 Å². The first kappa shape index (κ1) is 12.9. The third-order valence-corrected chi connectivity index (χ3v) is 2.25. The number of anilines is 1. The second-order valence-electron chi connectivity index (χ2n) is 3.72. The van der Waals surface area contributed by atoms with Crippen molar-refractivity contribution in [3.63, 3.8) is 0 Å². The lowest BCUT2D eigenvalue weighted by molar-refractivity contribution is 0.301. The van der Waals surface area contributed by atoms with Crippen LogP contribution in [0, 0.1) is 6.92 Å². The van der Waals surface area contributed by atoms with E-state index in [4.69, 9.17) is 10.8 Å². The molecular formula is C11H20N4O. The smallest absolute Gasteiger partial charge is 0.225 e. The van der Waals surface area contributed by atoms with Crippen LogP contribution in [0.4, 0.5) is 5.95 Å². The molecule has 0 fully saturated rings. The van der Waals surface area contributed by atoms with Gasteiger partial charge in [-0.15, -0.1) is 0 Å². The minimum Gasteiger partial charge on any atom is -0.395 e. The Morgan fingerprint density at radius 1 is 1.38 bits per heavy atom. The van der Waals surface area contributed by atoms with Gasteiger partial charge in [-0.3, -0.25) is 0 Å². The van der Waals surface area contributed by atoms with E-state index in [0.717, 1.165) is 24.4 Å². The number of rotatable bonds is 6. The van der Waals surface area contributed by atoms with Gasteiger partial charge in [-0.05, 0) is 19.4 Å². The van der Waals surface area contributed by atoms with E-state index < -0.39 is 0 Å². The number of nitrogens with two attached hydrogens (primary N) is 1. The predicted molar refractivity (Wildman–Crippen MR) is 64.3 cm³/mol. The number of aromatic nitrogens is 2. The molecular weight excluding hydrogens is 204 g/mol. The molecule has 1 aromatic heterocycles. The van der Waals surface area contributed by atoms with Crippen LogP contribution in [0.3, 0.4) is 0 Å². The average molecular weight is 224 g/mol. The zero-order chi connectivity index (χ0) is 12.0. The summed E-state index contributed by atoms with van der Waals surface area (Å²) in [5, 5.41) is 9.00. The SMILES string of the molecule is CCCN(CCO)c1nc(C)cc(CN)n1. The number of nitrogens with zero attached hydrogens (tertiary/aromatic N) is 3. The van der Waals surface area contributed by atoms with Crippen molar-refractivity contribution in [1.29, 1.82) is 0 Å². The molecule has 16 heavy (non-hydrogen) atoms. The lowest BCUT2D eigenvalue weighted by Gasteiger charge is -2.21. The topological polar surface area (TPSA) is 75.3 Å². The highest BCUT2D eigenvalue weighted by Gasteiger charge is 2.09. The summed E-state index contributed by atoms with van der Waals surface area (Å²) in [5.41, 5.74) is 7.32. The molecule has 0 unspecified atom stereocenters. The van der Waals surface area contributed by atoms with Crippen molar-refractivity contribution in [3.8, 4) is 0 Å². The van der Waals surface area contributed by atoms with Crippen molar-refractivity contribution in [1.82, 2.24) is 9.97 Å². The van der Waals surface area contributed by atoms with E-state index in [1.165, 1.54) is 0 Å². The molecule has 1 aromatic rings. The van der Waals surface area contributed by atoms with E-state index in [-0.39, 0.29) is 6.61 Å². The van der Waals surface area contributed by atoms with Crippen molar-refractivity contribution in [2.24, 2.45) is 5.73 Å². The zero-order valence-electron chi connectivity index (χ0n) is 9.98. The summed E-state index contributed by atoms with van der Waals surface area (Å²) < 4.78 is 0. The van der Waals surface area contributed by atoms with Gasteiger partial charge in [0.15, 0.2) is 0 Å². The molecule has 1 rings (SSSR count). The Balaban J connectivity index is 2.93. The largest absolute Gasteiger partial charge is 0.395 e. The fraction of sp³-hybridized carbons (Fsp3) is 0.636. The molecule has 0 saturated carbocycles. The van der Waals surface area contributed by atoms with Crippen LogP contribution in [0.25, 0.3) is 0 Å². The number of hydrogen-bond acceptors (Lipinski definition) is 5. The Labute approximate surface area is 96.3 Å². The molecule has 3 N–H and O–H groups in total. The maximum atomic E-state index is 9.00. The molecule has 0 spiro atoms. The molecule has 0 atom stereocenters. The van der Waals surface area contributed by atoms with Gasteiger partial charge >= 0.3 is 0 Å². The summed E-state index contributed by atoms with van der Waals surface area (Å²) in [6.45, 7) is 5.93. The van der Waals surface area contributed by atoms with E-state index in [9.17, 15) is 0 Å². The second kappa shape index (κ2) is 6.40. The summed E-state index contributed by atoms with van der Waals surface area (Å²) >= 11 is 0. The van der Waals surface area contributed by atoms with Gasteiger partial charge in [-0.25, -0.2) is 9.97 Å². The number of aliphatic hydroxyl groups excluding tert-OH is 1. The van der Waals surface area contributed by atoms with Gasteiger partial charge in [0.2, 0.25) is 5.95 Å². The first-order chi connectivity index (χ1) is 7.71. The van der Waals surface area contributed by atoms with Crippen molar-refractivity contribution < 1.29 is 5.11 Å². The van der Waals surface area contributed by atoms with Gasteiger partial charge in [0, 0.05) is 25.3 Å². The molecule has 5 heteroatoms. The van der Waals surface area contributed by atoms with E-state index in [2.05, 4.69) is 16.9 Å². The van der Waals surface area contributed by atoms with Crippen LogP contribution >= 0.6 is 0 Å². The second-order valence-corrected chi connectivity index (χ2v) is 3.72. The van der Waals surface area contributed by atoms with Crippen molar-refractivity contribution in [2.45, 2.75) is 26.8 Å². The third-order valence-electron chi connectivity index (χ3n) is 2.25. The lowest BCUT2D eigenvalue weighted by atomic mass is 10.3. The minimum absolute atomic E-state index is 0.106. The van der Waals surface area contributed by atoms with Crippen LogP contribution in [0.2, 0.25) is 0 Å². The molecule has 0 saturated heterocycles. The summed E-state index contributed by atoms with van der Waals surface area (Å²) in [5.74, 6) is 0.663. The van der Waals surface area contributed by atoms with Crippen molar-refractivity contribution >= 4 is 5.95 Å². The Morgan fingerprint density at radius 2 is 2.12 bits per heavy atom. The fourth-order valence-electron chi connectivity index (χ4n) is 1.57. The number of aliphatic hydroxyl groups is 1. The van der Waals surface area contributed by atoms with Crippen LogP contribution in [-0.2, 0) is 6.54 Å². The van der Waals surface area contributed by atoms with Gasteiger partial charge < -0.3 is 15.7 Å². The fourth-order valence-corrected chi connectivity index (χ4v) is 1.57. The molecule has 0 radical (unpaired) electrons. The normalized spacial score (nSPS) is 10.5. The Kier molecular flexibility index (Phi) is 5.14. The van der Waals surface area contributed by atoms with Gasteiger partial charge in [-0.1, -0.05) is 6.92 Å². The summed E-state index contributed by atoms with van der Waals surface area (Å²) in [6.07, 6.45) is 0.995. The predicted octanol–water partition coefficient (Wildman–Crippen LogP) is 0.452. The van der Waals surface area contributed by atoms with E-state index >= 15 is 0 Å². The lowest BCUT2D eigenvalue weighted by Crippen LogP contribution is -2.29. The number of hydrogen-bond donors (Lipinski definition) is 2. The highest BCUT2D eigenvalue weighted by Crippen LogP contribution is 2.10. The highest BCUT2D eigenvalue weighted by molar-refractivity contribution is 5.32. The zero-order valence-corrected chi connectivity index (χ0v) is 9.98. The first-order valence-electron chi connectivity index (χ1n) is 5.61. The van der Waals surface area contributed by atoms with Crippen LogP contribution in [0.5, 0.6) is 0 Å². The molecule has 0 bridgehead atoms. The Hall–Kier alpha value is -1.20. The summed E-state index contributed by atoms with van der Waals surface area (Å²) in [4.78, 5) is 10.7. The minimum atomic E-state index is 0.106. The van der Waals surface area contributed by atoms with Gasteiger partial charge in [0.1, 0.15) is 0 Å². The average Bonchev–Trinajstić information content (AvgIpc) is 2.28. The molecule has 0 amide bonds. The quantitative estimate of drug-likeness (QED) is 0.734. The molecule has 0 aliphatic rings. The summed E-state index contributed by atoms with van der Waals surface area (Å²) in [7, 11) is 0. The van der Waals surface area contributed by atoms with Crippen LogP contribution in [-0.4, -0.2) is 34.8 Å². The molecule has 0 aliphatic carbocycles. The van der Waals surface area contributed by atoms with Crippen LogP contribution in [0.1, 0.15) is 24.7 Å². The molecule has 0 aromatic carbocycles. The van der Waals surface area contributed by atoms with Gasteiger partial charge in [-0.2, -0.15) is 0 Å². The molecule has 5 nitrogen and oxygen atoms in total. The van der Waals surface area contributed by atoms with E-state index in [1.54, 1.807) is 0 Å². The highest BCUT2D eigenvalue weighted by atomic mass is 16.3. The van der Waals surface area contributed by atoms with E-state index in [0.29, 0.717) is 19.0 Å². The van der Waals surface area contributed by atoms with Gasteiger partial charge in [0.25, 0.3) is 0 Å². The first-order valence-corrected chi connectivity index (χ1v) is 5.61. The van der Waals surface area contributed by atoms with Gasteiger partial charge in [0.05, 0.1) is 12.3 Å². The molecule has 1 heterocycles. The Morgan fingerprint density at radius 3 is 2.69 bits per heavy atom. The van der Waals surface area contributed by atoms with Crippen LogP contribution in [0.15, 0.2) is 6.07 Å². The monoisotopic (exact) mass is 224 g/mol. The van der Waals surface area contributed by atoms with Crippen molar-refractivity contribution in [3.05, 3.63) is 17.5 Å². The maximum Gasteiger partial charge on any atom is 0.225 e. The Bertz CT molecular complexity index is 324. The molecule has 0 aliphatic heterocycles. The number of aryl methyl sites for hydroxylation is 1. The van der Waals surface area contributed by atoms with Crippen molar-refractivity contribution in [2.75, 3.05) is 24.6 Å². The summed E-state index contributed by atoms with van der Waals surface area (Å²) in [6, 6.07) is 1.88. The molecule has 90 valence electrons. The standard InChI is InChI=1S/C11H20N4O/c1-3-4-15(5-6-16)11-13-9(2)7-10(8-12)14-11/h7,16H,3-6,8,12H2,1-2H3. The third kappa shape index (κ3) is 3.43.